The number of hydrogen-bond donors (Lipinski definition) is 0. The van der Waals surface area contributed by atoms with Crippen LogP contribution in [-0.4, -0.2) is 46.1 Å². The van der Waals surface area contributed by atoms with Crippen molar-refractivity contribution in [3.05, 3.63) is 36.2 Å². The monoisotopic (exact) mass is 350 g/mol. The lowest BCUT2D eigenvalue weighted by Crippen LogP contribution is -2.30. The zero-order valence-corrected chi connectivity index (χ0v) is 15.5. The first-order chi connectivity index (χ1) is 12.7. The minimum atomic E-state index is 0.437. The van der Waals surface area contributed by atoms with Gasteiger partial charge in [-0.15, -0.1) is 0 Å². The molecule has 0 N–H and O–H groups in total. The minimum absolute atomic E-state index is 0.437. The van der Waals surface area contributed by atoms with Crippen LogP contribution in [-0.2, 0) is 0 Å². The van der Waals surface area contributed by atoms with Gasteiger partial charge in [-0.2, -0.15) is 0 Å². The predicted molar refractivity (Wildman–Crippen MR) is 102 cm³/mol. The van der Waals surface area contributed by atoms with Crippen LogP contribution in [0.5, 0.6) is 0 Å². The van der Waals surface area contributed by atoms with Gasteiger partial charge in [0.25, 0.3) is 0 Å². The zero-order chi connectivity index (χ0) is 17.7. The Balaban J connectivity index is 1.30. The number of rotatable bonds is 4. The topological polar surface area (TPSA) is 58.0 Å². The van der Waals surface area contributed by atoms with Crippen molar-refractivity contribution in [3.8, 4) is 0 Å². The molecule has 1 aliphatic carbocycles. The van der Waals surface area contributed by atoms with Crippen molar-refractivity contribution >= 4 is 11.6 Å². The van der Waals surface area contributed by atoms with Crippen LogP contribution in [0.2, 0.25) is 0 Å². The third-order valence-electron chi connectivity index (χ3n) is 6.05. The molecule has 4 heterocycles. The fourth-order valence-corrected chi connectivity index (χ4v) is 4.43. The van der Waals surface area contributed by atoms with E-state index in [-0.39, 0.29) is 0 Å². The Labute approximate surface area is 154 Å². The van der Waals surface area contributed by atoms with Gasteiger partial charge in [-0.1, -0.05) is 13.8 Å². The summed E-state index contributed by atoms with van der Waals surface area (Å²) >= 11 is 0. The zero-order valence-electron chi connectivity index (χ0n) is 15.5. The molecule has 3 fully saturated rings. The molecular formula is C20H26N6. The number of nitrogens with zero attached hydrogens (tertiary/aromatic N) is 6. The molecule has 0 aromatic carbocycles. The van der Waals surface area contributed by atoms with Crippen molar-refractivity contribution in [2.45, 2.75) is 38.5 Å². The Morgan fingerprint density at radius 3 is 2.27 bits per heavy atom. The van der Waals surface area contributed by atoms with Crippen LogP contribution in [0.4, 0.5) is 11.6 Å². The largest absolute Gasteiger partial charge is 0.356 e. The fraction of sp³-hybridized carbons (Fsp3) is 0.600. The second-order valence-corrected chi connectivity index (χ2v) is 8.33. The lowest BCUT2D eigenvalue weighted by Gasteiger charge is -2.24. The van der Waals surface area contributed by atoms with Gasteiger partial charge in [0.1, 0.15) is 12.1 Å². The molecule has 3 aliphatic rings. The molecular weight excluding hydrogens is 324 g/mol. The number of anilines is 2. The molecule has 0 bridgehead atoms. The standard InChI is InChI=1S/C20H26N6/c1-13(2)17-7-18(24-12-23-17)25-8-15-10-26(11-16(15)9-25)20-19(14-3-4-14)21-5-6-22-20/h5-7,12-16H,3-4,8-11H2,1-2H3. The van der Waals surface area contributed by atoms with Crippen LogP contribution in [0, 0.1) is 11.8 Å². The van der Waals surface area contributed by atoms with Gasteiger partial charge in [-0.05, 0) is 18.8 Å². The highest BCUT2D eigenvalue weighted by Gasteiger charge is 2.42. The molecule has 26 heavy (non-hydrogen) atoms. The molecule has 5 rings (SSSR count). The molecule has 0 amide bonds. The Hall–Kier alpha value is -2.24. The second-order valence-electron chi connectivity index (χ2n) is 8.33. The average Bonchev–Trinajstić information content (AvgIpc) is 3.31. The highest BCUT2D eigenvalue weighted by atomic mass is 15.3. The molecule has 6 nitrogen and oxygen atoms in total. The summed E-state index contributed by atoms with van der Waals surface area (Å²) in [6.45, 7) is 8.69. The van der Waals surface area contributed by atoms with Crippen LogP contribution in [0.1, 0.15) is 49.9 Å². The highest BCUT2D eigenvalue weighted by molar-refractivity contribution is 5.49. The van der Waals surface area contributed by atoms with Crippen LogP contribution in [0.3, 0.4) is 0 Å². The number of hydrogen-bond acceptors (Lipinski definition) is 6. The van der Waals surface area contributed by atoms with E-state index in [1.165, 1.54) is 18.5 Å². The Kier molecular flexibility index (Phi) is 3.80. The summed E-state index contributed by atoms with van der Waals surface area (Å²) in [7, 11) is 0. The smallest absolute Gasteiger partial charge is 0.150 e. The lowest BCUT2D eigenvalue weighted by atomic mass is 10.0. The van der Waals surface area contributed by atoms with Gasteiger partial charge in [-0.25, -0.2) is 15.0 Å². The van der Waals surface area contributed by atoms with Crippen LogP contribution in [0.25, 0.3) is 0 Å². The van der Waals surface area contributed by atoms with Crippen LogP contribution < -0.4 is 9.80 Å². The normalized spacial score (nSPS) is 25.2. The maximum Gasteiger partial charge on any atom is 0.150 e. The molecule has 2 aliphatic heterocycles. The SMILES string of the molecule is CC(C)c1cc(N2CC3CN(c4nccnc4C4CC4)CC3C2)ncn1. The van der Waals surface area contributed by atoms with Crippen LogP contribution >= 0.6 is 0 Å². The molecule has 6 heteroatoms. The van der Waals surface area contributed by atoms with Gasteiger partial charge in [0, 0.05) is 68.1 Å². The van der Waals surface area contributed by atoms with E-state index in [1.807, 2.05) is 12.4 Å². The molecule has 2 aromatic rings. The quantitative estimate of drug-likeness (QED) is 0.845. The fourth-order valence-electron chi connectivity index (χ4n) is 4.43. The summed E-state index contributed by atoms with van der Waals surface area (Å²) in [6.07, 6.45) is 7.94. The third-order valence-corrected chi connectivity index (χ3v) is 6.05. The average molecular weight is 350 g/mol. The van der Waals surface area contributed by atoms with E-state index in [0.717, 1.165) is 43.5 Å². The van der Waals surface area contributed by atoms with Gasteiger partial charge < -0.3 is 9.80 Å². The summed E-state index contributed by atoms with van der Waals surface area (Å²) < 4.78 is 0. The van der Waals surface area contributed by atoms with Crippen molar-refractivity contribution in [2.75, 3.05) is 36.0 Å². The molecule has 0 radical (unpaired) electrons. The molecule has 0 spiro atoms. The molecule has 2 unspecified atom stereocenters. The van der Waals surface area contributed by atoms with Gasteiger partial charge >= 0.3 is 0 Å². The summed E-state index contributed by atoms with van der Waals surface area (Å²) in [5.74, 6) is 4.67. The van der Waals surface area contributed by atoms with E-state index in [9.17, 15) is 0 Å². The molecule has 136 valence electrons. The highest BCUT2D eigenvalue weighted by Crippen LogP contribution is 2.44. The summed E-state index contributed by atoms with van der Waals surface area (Å²) in [6, 6.07) is 2.16. The maximum atomic E-state index is 4.69. The Bertz CT molecular complexity index is 788. The van der Waals surface area contributed by atoms with E-state index in [2.05, 4.69) is 49.6 Å². The molecule has 2 atom stereocenters. The van der Waals surface area contributed by atoms with Gasteiger partial charge in [0.15, 0.2) is 5.82 Å². The van der Waals surface area contributed by atoms with Crippen molar-refractivity contribution < 1.29 is 0 Å². The first kappa shape index (κ1) is 16.0. The predicted octanol–water partition coefficient (Wildman–Crippen LogP) is 2.84. The Morgan fingerprint density at radius 1 is 0.885 bits per heavy atom. The van der Waals surface area contributed by atoms with Gasteiger partial charge in [0.05, 0.1) is 5.69 Å². The van der Waals surface area contributed by atoms with E-state index in [4.69, 9.17) is 0 Å². The maximum absolute atomic E-state index is 4.69. The number of aromatic nitrogens is 4. The summed E-state index contributed by atoms with van der Waals surface area (Å²) in [5.41, 5.74) is 2.35. The Morgan fingerprint density at radius 2 is 1.58 bits per heavy atom. The summed E-state index contributed by atoms with van der Waals surface area (Å²) in [4.78, 5) is 23.2. The second kappa shape index (κ2) is 6.18. The summed E-state index contributed by atoms with van der Waals surface area (Å²) in [5, 5.41) is 0. The number of fused-ring (bicyclic) bond motifs is 1. The van der Waals surface area contributed by atoms with Gasteiger partial charge in [0.2, 0.25) is 0 Å². The van der Waals surface area contributed by atoms with Crippen molar-refractivity contribution in [1.29, 1.82) is 0 Å². The van der Waals surface area contributed by atoms with E-state index < -0.39 is 0 Å². The lowest BCUT2D eigenvalue weighted by molar-refractivity contribution is 0.533. The van der Waals surface area contributed by atoms with Crippen molar-refractivity contribution in [1.82, 2.24) is 19.9 Å². The van der Waals surface area contributed by atoms with E-state index >= 15 is 0 Å². The first-order valence-corrected chi connectivity index (χ1v) is 9.81. The van der Waals surface area contributed by atoms with Crippen LogP contribution in [0.15, 0.2) is 24.8 Å². The third kappa shape index (κ3) is 2.81. The van der Waals surface area contributed by atoms with E-state index in [1.54, 1.807) is 6.33 Å². The molecule has 1 saturated carbocycles. The van der Waals surface area contributed by atoms with Gasteiger partial charge in [-0.3, -0.25) is 4.98 Å². The molecule has 2 aromatic heterocycles. The minimum Gasteiger partial charge on any atom is -0.356 e. The van der Waals surface area contributed by atoms with E-state index in [0.29, 0.717) is 23.7 Å². The molecule has 2 saturated heterocycles. The first-order valence-electron chi connectivity index (χ1n) is 9.81. The van der Waals surface area contributed by atoms with Crippen molar-refractivity contribution in [2.24, 2.45) is 11.8 Å². The van der Waals surface area contributed by atoms with Crippen molar-refractivity contribution in [3.63, 3.8) is 0 Å².